The van der Waals surface area contributed by atoms with Gasteiger partial charge in [-0.2, -0.15) is 0 Å². The van der Waals surface area contributed by atoms with Crippen molar-refractivity contribution in [1.29, 1.82) is 0 Å². The van der Waals surface area contributed by atoms with Gasteiger partial charge < -0.3 is 14.4 Å². The highest BCUT2D eigenvalue weighted by Crippen LogP contribution is 2.21. The molecule has 0 spiro atoms. The molecule has 1 aliphatic heterocycles. The van der Waals surface area contributed by atoms with E-state index in [0.717, 1.165) is 12.8 Å². The molecule has 1 atom stereocenters. The summed E-state index contributed by atoms with van der Waals surface area (Å²) < 4.78 is 11.3. The van der Waals surface area contributed by atoms with E-state index in [1.165, 1.54) is 11.0 Å². The summed E-state index contributed by atoms with van der Waals surface area (Å²) >= 11 is 3.18. The van der Waals surface area contributed by atoms with Crippen LogP contribution in [0.1, 0.15) is 33.6 Å². The van der Waals surface area contributed by atoms with E-state index in [-0.39, 0.29) is 12.1 Å². The number of likely N-dealkylation sites (tertiary alicyclic amines) is 1. The van der Waals surface area contributed by atoms with E-state index < -0.39 is 11.7 Å². The van der Waals surface area contributed by atoms with Gasteiger partial charge in [0.25, 0.3) is 0 Å². The Morgan fingerprint density at radius 3 is 2.53 bits per heavy atom. The number of amides is 2. The fourth-order valence-corrected chi connectivity index (χ4v) is 2.35. The Morgan fingerprint density at radius 1 is 1.37 bits per heavy atom. The van der Waals surface area contributed by atoms with Crippen molar-refractivity contribution in [1.82, 2.24) is 8.83 Å². The molecule has 0 aromatic carbocycles. The minimum Gasteiger partial charge on any atom is -0.452 e. The Bertz CT molecular complexity index is 343. The Kier molecular flexibility index (Phi) is 5.46. The van der Waals surface area contributed by atoms with Crippen LogP contribution in [0.15, 0.2) is 0 Å². The summed E-state index contributed by atoms with van der Waals surface area (Å²) in [6.45, 7) is 6.58. The molecule has 19 heavy (non-hydrogen) atoms. The summed E-state index contributed by atoms with van der Waals surface area (Å²) in [6.07, 6.45) is 0.835. The smallest absolute Gasteiger partial charge is 0.419 e. The molecule has 1 saturated heterocycles. The van der Waals surface area contributed by atoms with Crippen molar-refractivity contribution < 1.29 is 19.1 Å². The van der Waals surface area contributed by atoms with Crippen LogP contribution in [-0.4, -0.2) is 52.9 Å². The predicted octanol–water partition coefficient (Wildman–Crippen LogP) is 2.76. The summed E-state index contributed by atoms with van der Waals surface area (Å²) in [6, 6.07) is -0.103. The molecule has 0 saturated carbocycles. The number of piperidine rings is 1. The van der Waals surface area contributed by atoms with Gasteiger partial charge in [0, 0.05) is 13.1 Å². The number of hydrogen-bond donors (Lipinski definition) is 0. The standard InChI is InChI=1S/C12H21BrN2O4/c1-12(2,3)19-10(16)14-7-5-6-9(8-14)15(13)11(17)18-4/h9H,5-8H2,1-4H3. The number of carbonyl (C=O) groups excluding carboxylic acids is 2. The van der Waals surface area contributed by atoms with Gasteiger partial charge in [0.15, 0.2) is 0 Å². The zero-order chi connectivity index (χ0) is 14.6. The molecular weight excluding hydrogens is 316 g/mol. The third-order valence-corrected chi connectivity index (χ3v) is 3.59. The van der Waals surface area contributed by atoms with Gasteiger partial charge in [0.2, 0.25) is 0 Å². The van der Waals surface area contributed by atoms with Crippen LogP contribution in [0.3, 0.4) is 0 Å². The second-order valence-electron chi connectivity index (χ2n) is 5.50. The van der Waals surface area contributed by atoms with Crippen molar-refractivity contribution in [3.63, 3.8) is 0 Å². The quantitative estimate of drug-likeness (QED) is 0.691. The number of carbonyl (C=O) groups is 2. The predicted molar refractivity (Wildman–Crippen MR) is 74.0 cm³/mol. The summed E-state index contributed by atoms with van der Waals surface area (Å²) in [5, 5.41) is 0. The van der Waals surface area contributed by atoms with Crippen LogP contribution in [0.5, 0.6) is 0 Å². The molecule has 7 heteroatoms. The molecule has 6 nitrogen and oxygen atoms in total. The number of ether oxygens (including phenoxy) is 2. The van der Waals surface area contributed by atoms with Crippen LogP contribution in [-0.2, 0) is 9.47 Å². The average molecular weight is 337 g/mol. The molecule has 2 amide bonds. The van der Waals surface area contributed by atoms with Crippen molar-refractivity contribution in [2.24, 2.45) is 0 Å². The van der Waals surface area contributed by atoms with Gasteiger partial charge in [-0.05, 0) is 33.6 Å². The lowest BCUT2D eigenvalue weighted by Crippen LogP contribution is -2.49. The molecule has 1 fully saturated rings. The van der Waals surface area contributed by atoms with Crippen molar-refractivity contribution in [2.75, 3.05) is 20.2 Å². The molecule has 0 aromatic heterocycles. The van der Waals surface area contributed by atoms with Gasteiger partial charge in [-0.1, -0.05) is 0 Å². The number of methoxy groups -OCH3 is 1. The van der Waals surface area contributed by atoms with Crippen molar-refractivity contribution >= 4 is 28.3 Å². The van der Waals surface area contributed by atoms with Gasteiger partial charge >= 0.3 is 12.2 Å². The van der Waals surface area contributed by atoms with Crippen LogP contribution in [0.2, 0.25) is 0 Å². The lowest BCUT2D eigenvalue weighted by atomic mass is 10.1. The van der Waals surface area contributed by atoms with Crippen LogP contribution < -0.4 is 0 Å². The van der Waals surface area contributed by atoms with E-state index in [0.29, 0.717) is 13.1 Å². The Hall–Kier alpha value is -0.980. The van der Waals surface area contributed by atoms with E-state index in [4.69, 9.17) is 4.74 Å². The van der Waals surface area contributed by atoms with Gasteiger partial charge in [0.1, 0.15) is 5.60 Å². The summed E-state index contributed by atoms with van der Waals surface area (Å²) in [7, 11) is 1.32. The Morgan fingerprint density at radius 2 is 2.00 bits per heavy atom. The topological polar surface area (TPSA) is 59.1 Å². The first kappa shape index (κ1) is 16.1. The first-order valence-corrected chi connectivity index (χ1v) is 6.96. The molecule has 1 rings (SSSR count). The van der Waals surface area contributed by atoms with Gasteiger partial charge in [-0.15, -0.1) is 0 Å². The molecule has 0 radical (unpaired) electrons. The fraction of sp³-hybridized carbons (Fsp3) is 0.833. The van der Waals surface area contributed by atoms with Crippen LogP contribution in [0, 0.1) is 0 Å². The SMILES string of the molecule is COC(=O)N(Br)C1CCCN(C(=O)OC(C)(C)C)C1. The lowest BCUT2D eigenvalue weighted by molar-refractivity contribution is 0.0160. The molecular formula is C12H21BrN2O4. The first-order valence-electron chi connectivity index (χ1n) is 6.25. The molecule has 0 bridgehead atoms. The largest absolute Gasteiger partial charge is 0.452 e. The van der Waals surface area contributed by atoms with Gasteiger partial charge in [0.05, 0.1) is 29.3 Å². The highest BCUT2D eigenvalue weighted by atomic mass is 79.9. The van der Waals surface area contributed by atoms with Crippen molar-refractivity contribution in [2.45, 2.75) is 45.3 Å². The maximum Gasteiger partial charge on any atom is 0.419 e. The Labute approximate surface area is 122 Å². The Balaban J connectivity index is 2.59. The molecule has 1 unspecified atom stereocenters. The number of halogens is 1. The molecule has 0 aliphatic carbocycles. The third-order valence-electron chi connectivity index (χ3n) is 2.72. The number of rotatable bonds is 1. The zero-order valence-corrected chi connectivity index (χ0v) is 13.4. The molecule has 110 valence electrons. The maximum atomic E-state index is 12.0. The van der Waals surface area contributed by atoms with Gasteiger partial charge in [-0.3, -0.25) is 0 Å². The average Bonchev–Trinajstić information content (AvgIpc) is 2.35. The second-order valence-corrected chi connectivity index (χ2v) is 6.27. The van der Waals surface area contributed by atoms with E-state index >= 15 is 0 Å². The highest BCUT2D eigenvalue weighted by Gasteiger charge is 2.32. The highest BCUT2D eigenvalue weighted by molar-refractivity contribution is 9.07. The van der Waals surface area contributed by atoms with Crippen molar-refractivity contribution in [3.05, 3.63) is 0 Å². The van der Waals surface area contributed by atoms with Crippen LogP contribution in [0.25, 0.3) is 0 Å². The van der Waals surface area contributed by atoms with Crippen LogP contribution in [0.4, 0.5) is 9.59 Å². The second kappa shape index (κ2) is 6.45. The van der Waals surface area contributed by atoms with E-state index in [1.807, 2.05) is 20.8 Å². The van der Waals surface area contributed by atoms with E-state index in [9.17, 15) is 9.59 Å². The minimum atomic E-state index is -0.513. The monoisotopic (exact) mass is 336 g/mol. The molecule has 1 heterocycles. The van der Waals surface area contributed by atoms with Crippen LogP contribution >= 0.6 is 16.1 Å². The minimum absolute atomic E-state index is 0.103. The molecule has 1 aliphatic rings. The third kappa shape index (κ3) is 4.89. The summed E-state index contributed by atoms with van der Waals surface area (Å²) in [4.78, 5) is 25.0. The summed E-state index contributed by atoms with van der Waals surface area (Å²) in [5.74, 6) is 0. The van der Waals surface area contributed by atoms with Crippen molar-refractivity contribution in [3.8, 4) is 0 Å². The summed E-state index contributed by atoms with van der Waals surface area (Å²) in [5.41, 5.74) is -0.513. The molecule has 0 N–H and O–H groups in total. The van der Waals surface area contributed by atoms with Gasteiger partial charge in [-0.25, -0.2) is 13.5 Å². The van der Waals surface area contributed by atoms with E-state index in [1.54, 1.807) is 4.90 Å². The first-order chi connectivity index (χ1) is 8.74. The normalized spacial score (nSPS) is 19.8. The zero-order valence-electron chi connectivity index (χ0n) is 11.8. The number of hydrogen-bond acceptors (Lipinski definition) is 4. The number of nitrogens with zero attached hydrogens (tertiary/aromatic N) is 2. The fourth-order valence-electron chi connectivity index (χ4n) is 1.87. The van der Waals surface area contributed by atoms with E-state index in [2.05, 4.69) is 20.9 Å². The molecule has 0 aromatic rings. The maximum absolute atomic E-state index is 12.0. The lowest BCUT2D eigenvalue weighted by Gasteiger charge is -2.36.